The van der Waals surface area contributed by atoms with Crippen LogP contribution >= 0.6 is 11.6 Å². The van der Waals surface area contributed by atoms with Gasteiger partial charge in [-0.15, -0.1) is 3.89 Å². The summed E-state index contributed by atoms with van der Waals surface area (Å²) in [6, 6.07) is 4.00. The minimum Gasteiger partial charge on any atom is -0.478 e. The molecule has 0 aromatic heterocycles. The Kier molecular flexibility index (Phi) is 4.20. The summed E-state index contributed by atoms with van der Waals surface area (Å²) in [6.07, 6.45) is -0.148. The molecule has 6 nitrogen and oxygen atoms in total. The summed E-state index contributed by atoms with van der Waals surface area (Å²) in [5, 5.41) is 9.34. The zero-order chi connectivity index (χ0) is 15.8. The maximum absolute atomic E-state index is 12.7. The number of hydrogen-bond acceptors (Lipinski definition) is 4. The van der Waals surface area contributed by atoms with Gasteiger partial charge in [0.25, 0.3) is 0 Å². The number of halogens is 2. The molecule has 2 rings (SSSR count). The molecule has 1 amide bonds. The van der Waals surface area contributed by atoms with Gasteiger partial charge in [0, 0.05) is 23.9 Å². The highest BCUT2D eigenvalue weighted by atomic mass is 35.5. The van der Waals surface area contributed by atoms with Crippen LogP contribution in [0.4, 0.5) is 9.57 Å². The van der Waals surface area contributed by atoms with Gasteiger partial charge in [0.2, 0.25) is 5.91 Å². The highest BCUT2D eigenvalue weighted by Gasteiger charge is 2.35. The van der Waals surface area contributed by atoms with Crippen LogP contribution in [0, 0.1) is 5.92 Å². The number of aromatic carboxylic acids is 1. The number of anilines is 1. The molecule has 1 fully saturated rings. The van der Waals surface area contributed by atoms with E-state index < -0.39 is 33.8 Å². The highest BCUT2D eigenvalue weighted by Crippen LogP contribution is 2.30. The number of carbonyl (C=O) groups excluding carboxylic acids is 1. The van der Waals surface area contributed by atoms with Gasteiger partial charge in [-0.2, -0.15) is 8.42 Å². The Labute approximate surface area is 125 Å². The van der Waals surface area contributed by atoms with E-state index in [1.54, 1.807) is 0 Å². The van der Waals surface area contributed by atoms with Crippen molar-refractivity contribution in [3.05, 3.63) is 28.8 Å². The maximum Gasteiger partial charge on any atom is 0.337 e. The molecule has 1 aliphatic rings. The van der Waals surface area contributed by atoms with Crippen LogP contribution in [0.2, 0.25) is 5.02 Å². The van der Waals surface area contributed by atoms with Crippen LogP contribution in [0.15, 0.2) is 18.2 Å². The van der Waals surface area contributed by atoms with Crippen molar-refractivity contribution >= 4 is 39.4 Å². The Morgan fingerprint density at radius 2 is 2.14 bits per heavy atom. The molecular weight excluding hydrogens is 325 g/mol. The van der Waals surface area contributed by atoms with Crippen molar-refractivity contribution in [1.82, 2.24) is 0 Å². The summed E-state index contributed by atoms with van der Waals surface area (Å²) in [5.41, 5.74) is -0.0461. The highest BCUT2D eigenvalue weighted by molar-refractivity contribution is 7.86. The van der Waals surface area contributed by atoms with Crippen LogP contribution in [0.3, 0.4) is 0 Å². The third kappa shape index (κ3) is 3.70. The molecule has 1 atom stereocenters. The van der Waals surface area contributed by atoms with Crippen molar-refractivity contribution in [2.75, 3.05) is 17.2 Å². The standard InChI is InChI=1S/C12H11ClFNO5S/c13-8-1-2-10(9(4-8)12(17)18)15-5-7(3-11(15)16)6-21(14,19)20/h1-2,4,7H,3,5-6H2,(H,17,18). The fourth-order valence-corrected chi connectivity index (χ4v) is 3.28. The van der Waals surface area contributed by atoms with Crippen LogP contribution in [0.5, 0.6) is 0 Å². The largest absolute Gasteiger partial charge is 0.478 e. The molecule has 1 aromatic carbocycles. The van der Waals surface area contributed by atoms with Crippen molar-refractivity contribution < 1.29 is 27.0 Å². The number of carbonyl (C=O) groups is 2. The molecule has 1 N–H and O–H groups in total. The predicted molar refractivity (Wildman–Crippen MR) is 73.8 cm³/mol. The second-order valence-electron chi connectivity index (χ2n) is 4.75. The second-order valence-corrected chi connectivity index (χ2v) is 6.59. The number of carboxylic acid groups (broad SMARTS) is 1. The molecule has 1 aliphatic heterocycles. The average Bonchev–Trinajstić information content (AvgIpc) is 2.67. The van der Waals surface area contributed by atoms with Gasteiger partial charge < -0.3 is 10.0 Å². The number of rotatable bonds is 4. The molecule has 114 valence electrons. The van der Waals surface area contributed by atoms with Crippen LogP contribution in [-0.4, -0.2) is 37.7 Å². The smallest absolute Gasteiger partial charge is 0.337 e. The minimum absolute atomic E-state index is 0.0517. The first-order valence-corrected chi connectivity index (χ1v) is 7.86. The lowest BCUT2D eigenvalue weighted by Crippen LogP contribution is -2.27. The molecule has 1 unspecified atom stereocenters. The lowest BCUT2D eigenvalue weighted by molar-refractivity contribution is -0.117. The van der Waals surface area contributed by atoms with Crippen LogP contribution in [0.25, 0.3) is 0 Å². The van der Waals surface area contributed by atoms with Crippen LogP contribution in [-0.2, 0) is 15.0 Å². The number of hydrogen-bond donors (Lipinski definition) is 1. The SMILES string of the molecule is O=C(O)c1cc(Cl)ccc1N1CC(CS(=O)(=O)F)CC1=O. The topological polar surface area (TPSA) is 91.8 Å². The number of amides is 1. The molecule has 0 bridgehead atoms. The van der Waals surface area contributed by atoms with E-state index in [-0.39, 0.29) is 29.2 Å². The Morgan fingerprint density at radius 1 is 1.48 bits per heavy atom. The molecule has 0 saturated carbocycles. The molecule has 9 heteroatoms. The minimum atomic E-state index is -4.69. The molecular formula is C12H11ClFNO5S. The zero-order valence-corrected chi connectivity index (χ0v) is 12.2. The van der Waals surface area contributed by atoms with E-state index in [1.165, 1.54) is 18.2 Å². The fourth-order valence-electron chi connectivity index (χ4n) is 2.32. The molecule has 0 radical (unpaired) electrons. The summed E-state index contributed by atoms with van der Waals surface area (Å²) in [7, 11) is -4.69. The lowest BCUT2D eigenvalue weighted by Gasteiger charge is -2.19. The van der Waals surface area contributed by atoms with Crippen molar-refractivity contribution in [3.63, 3.8) is 0 Å². The number of benzene rings is 1. The van der Waals surface area contributed by atoms with Gasteiger partial charge in [-0.3, -0.25) is 4.79 Å². The summed E-state index contributed by atoms with van der Waals surface area (Å²) in [4.78, 5) is 24.3. The molecule has 0 spiro atoms. The summed E-state index contributed by atoms with van der Waals surface area (Å²) in [6.45, 7) is -0.0517. The van der Waals surface area contributed by atoms with E-state index in [1.807, 2.05) is 0 Å². The number of nitrogens with zero attached hydrogens (tertiary/aromatic N) is 1. The van der Waals surface area contributed by atoms with Crippen molar-refractivity contribution in [2.24, 2.45) is 5.92 Å². The van der Waals surface area contributed by atoms with Crippen molar-refractivity contribution in [2.45, 2.75) is 6.42 Å². The van der Waals surface area contributed by atoms with E-state index in [0.717, 1.165) is 4.90 Å². The van der Waals surface area contributed by atoms with Gasteiger partial charge in [0.05, 0.1) is 17.0 Å². The first kappa shape index (κ1) is 15.7. The van der Waals surface area contributed by atoms with Gasteiger partial charge in [-0.25, -0.2) is 4.79 Å². The molecule has 1 aromatic rings. The van der Waals surface area contributed by atoms with Gasteiger partial charge in [0.1, 0.15) is 0 Å². The van der Waals surface area contributed by atoms with Gasteiger partial charge >= 0.3 is 16.2 Å². The van der Waals surface area contributed by atoms with Crippen LogP contribution < -0.4 is 4.90 Å². The Bertz CT molecular complexity index is 706. The van der Waals surface area contributed by atoms with Gasteiger partial charge in [0.15, 0.2) is 0 Å². The molecule has 1 saturated heterocycles. The van der Waals surface area contributed by atoms with E-state index >= 15 is 0 Å². The third-order valence-corrected chi connectivity index (χ3v) is 4.22. The summed E-state index contributed by atoms with van der Waals surface area (Å²) >= 11 is 5.72. The van der Waals surface area contributed by atoms with Crippen molar-refractivity contribution in [3.8, 4) is 0 Å². The molecule has 0 aliphatic carbocycles. The zero-order valence-electron chi connectivity index (χ0n) is 10.6. The number of carboxylic acids is 1. The first-order valence-electron chi connectivity index (χ1n) is 5.93. The quantitative estimate of drug-likeness (QED) is 0.845. The van der Waals surface area contributed by atoms with E-state index in [0.29, 0.717) is 0 Å². The molecule has 21 heavy (non-hydrogen) atoms. The maximum atomic E-state index is 12.7. The average molecular weight is 336 g/mol. The van der Waals surface area contributed by atoms with E-state index in [2.05, 4.69) is 0 Å². The summed E-state index contributed by atoms with van der Waals surface area (Å²) in [5.74, 6) is -3.18. The summed E-state index contributed by atoms with van der Waals surface area (Å²) < 4.78 is 34.0. The molecule has 1 heterocycles. The first-order chi connectivity index (χ1) is 9.67. The van der Waals surface area contributed by atoms with Crippen molar-refractivity contribution in [1.29, 1.82) is 0 Å². The van der Waals surface area contributed by atoms with Gasteiger partial charge in [-0.05, 0) is 18.2 Å². The monoisotopic (exact) mass is 335 g/mol. The second kappa shape index (κ2) is 5.61. The normalized spacial score (nSPS) is 19.0. The Morgan fingerprint density at radius 3 is 2.71 bits per heavy atom. The van der Waals surface area contributed by atoms with Crippen LogP contribution in [0.1, 0.15) is 16.8 Å². The Balaban J connectivity index is 2.31. The van der Waals surface area contributed by atoms with E-state index in [4.69, 9.17) is 16.7 Å². The van der Waals surface area contributed by atoms with Gasteiger partial charge in [-0.1, -0.05) is 11.6 Å². The lowest BCUT2D eigenvalue weighted by atomic mass is 10.1. The predicted octanol–water partition coefficient (Wildman–Crippen LogP) is 1.69. The fraction of sp³-hybridized carbons (Fsp3) is 0.333. The third-order valence-electron chi connectivity index (χ3n) is 3.12. The van der Waals surface area contributed by atoms with E-state index in [9.17, 15) is 21.9 Å². The Hall–Kier alpha value is -1.67.